The Balaban J connectivity index is 1.76. The smallest absolute Gasteiger partial charge is 0.419 e. The van der Waals surface area contributed by atoms with E-state index in [4.69, 9.17) is 15.2 Å². The van der Waals surface area contributed by atoms with E-state index in [1.807, 2.05) is 0 Å². The van der Waals surface area contributed by atoms with E-state index in [0.29, 0.717) is 11.1 Å². The van der Waals surface area contributed by atoms with Gasteiger partial charge in [0.15, 0.2) is 5.96 Å². The lowest BCUT2D eigenvalue weighted by atomic mass is 10.1. The van der Waals surface area contributed by atoms with Gasteiger partial charge in [0.2, 0.25) is 0 Å². The molecule has 1 atom stereocenters. The lowest BCUT2D eigenvalue weighted by molar-refractivity contribution is -0.757. The molecule has 42 heavy (non-hydrogen) atoms. The van der Waals surface area contributed by atoms with Crippen LogP contribution in [0.5, 0.6) is 11.5 Å². The minimum atomic E-state index is -1.32. The van der Waals surface area contributed by atoms with Crippen LogP contribution >= 0.6 is 0 Å². The summed E-state index contributed by atoms with van der Waals surface area (Å²) < 4.78 is 10.2. The molecule has 0 aliphatic rings. The van der Waals surface area contributed by atoms with Gasteiger partial charge in [-0.1, -0.05) is 24.3 Å². The van der Waals surface area contributed by atoms with Crippen molar-refractivity contribution in [2.45, 2.75) is 31.7 Å². The second kappa shape index (κ2) is 17.1. The summed E-state index contributed by atoms with van der Waals surface area (Å²) in [7, 11) is 0. The average molecular weight is 593 g/mol. The maximum atomic E-state index is 12.2. The molecule has 0 aliphatic heterocycles. The Kier molecular flexibility index (Phi) is 13.2. The molecule has 0 aliphatic carbocycles. The van der Waals surface area contributed by atoms with Crippen LogP contribution in [0.4, 0.5) is 9.59 Å². The Morgan fingerprint density at radius 3 is 1.93 bits per heavy atom. The molecule has 2 rings (SSSR count). The number of rotatable bonds is 16. The van der Waals surface area contributed by atoms with Crippen LogP contribution in [0, 0.1) is 20.2 Å². The summed E-state index contributed by atoms with van der Waals surface area (Å²) in [6.45, 7) is -0.346. The Morgan fingerprint density at radius 1 is 0.905 bits per heavy atom. The summed E-state index contributed by atoms with van der Waals surface area (Å²) >= 11 is 0. The van der Waals surface area contributed by atoms with Gasteiger partial charge in [-0.25, -0.2) is 14.4 Å². The van der Waals surface area contributed by atoms with Gasteiger partial charge in [0.25, 0.3) is 10.2 Å². The van der Waals surface area contributed by atoms with Crippen LogP contribution < -0.4 is 25.8 Å². The Bertz CT molecular complexity index is 1290. The first-order valence-electron chi connectivity index (χ1n) is 12.2. The van der Waals surface area contributed by atoms with Crippen molar-refractivity contribution in [3.8, 4) is 11.5 Å². The third kappa shape index (κ3) is 13.4. The summed E-state index contributed by atoms with van der Waals surface area (Å²) in [4.78, 5) is 68.7. The first-order valence-corrected chi connectivity index (χ1v) is 12.2. The largest absolute Gasteiger partial charge is 0.480 e. The fourth-order valence-electron chi connectivity index (χ4n) is 3.31. The molecule has 1 unspecified atom stereocenters. The van der Waals surface area contributed by atoms with E-state index in [1.165, 1.54) is 24.3 Å². The molecule has 2 aromatic carbocycles. The fourth-order valence-corrected chi connectivity index (χ4v) is 3.31. The number of carboxylic acid groups (broad SMARTS) is 1. The van der Waals surface area contributed by atoms with E-state index in [2.05, 4.69) is 25.3 Å². The van der Waals surface area contributed by atoms with Gasteiger partial charge in [-0.3, -0.25) is 10.3 Å². The molecule has 0 fully saturated rings. The Labute approximate surface area is 237 Å². The van der Waals surface area contributed by atoms with Gasteiger partial charge >= 0.3 is 18.2 Å². The molecule has 0 saturated heterocycles. The quantitative estimate of drug-likeness (QED) is 0.0711. The number of nitrogens with one attached hydrogen (secondary N) is 2. The zero-order chi connectivity index (χ0) is 30.9. The Hall–Kier alpha value is -5.68. The van der Waals surface area contributed by atoms with Gasteiger partial charge in [0, 0.05) is 6.54 Å². The first-order chi connectivity index (χ1) is 20.0. The van der Waals surface area contributed by atoms with Crippen molar-refractivity contribution in [3.63, 3.8) is 0 Å². The highest BCUT2D eigenvalue weighted by molar-refractivity contribution is 5.93. The average Bonchev–Trinajstić information content (AvgIpc) is 2.90. The van der Waals surface area contributed by atoms with Crippen LogP contribution in [0.3, 0.4) is 0 Å². The molecule has 18 heteroatoms. The molecule has 0 aromatic heterocycles. The van der Waals surface area contributed by atoms with Crippen molar-refractivity contribution in [3.05, 3.63) is 79.9 Å². The lowest BCUT2D eigenvalue weighted by Gasteiger charge is -2.14. The highest BCUT2D eigenvalue weighted by Crippen LogP contribution is 2.15. The lowest BCUT2D eigenvalue weighted by Crippen LogP contribution is -2.42. The summed E-state index contributed by atoms with van der Waals surface area (Å²) in [5, 5.41) is 32.5. The highest BCUT2D eigenvalue weighted by Gasteiger charge is 2.20. The monoisotopic (exact) mass is 592 g/mol. The molecule has 226 valence electrons. The molecule has 2 amide bonds. The van der Waals surface area contributed by atoms with E-state index in [-0.39, 0.29) is 62.9 Å². The van der Waals surface area contributed by atoms with Crippen LogP contribution in [0.25, 0.3) is 0 Å². The van der Waals surface area contributed by atoms with Gasteiger partial charge in [0.1, 0.15) is 30.8 Å². The van der Waals surface area contributed by atoms with Gasteiger partial charge in [-0.15, -0.1) is 20.2 Å². The minimum absolute atomic E-state index is 0.00676. The molecular weight excluding hydrogens is 564 g/mol. The maximum absolute atomic E-state index is 12.2. The van der Waals surface area contributed by atoms with Crippen LogP contribution in [0.1, 0.15) is 24.0 Å². The van der Waals surface area contributed by atoms with Crippen molar-refractivity contribution in [1.82, 2.24) is 10.6 Å². The molecule has 2 aromatic rings. The molecule has 0 bridgehead atoms. The molecule has 0 radical (unpaired) electrons. The summed E-state index contributed by atoms with van der Waals surface area (Å²) in [6.07, 6.45) is -1.46. The van der Waals surface area contributed by atoms with E-state index in [0.717, 1.165) is 0 Å². The van der Waals surface area contributed by atoms with E-state index in [1.54, 1.807) is 24.3 Å². The number of aliphatic imine (C=N–C) groups is 1. The molecule has 0 heterocycles. The normalized spacial score (nSPS) is 11.5. The van der Waals surface area contributed by atoms with Crippen LogP contribution in [0.2, 0.25) is 0 Å². The van der Waals surface area contributed by atoms with Crippen molar-refractivity contribution in [1.29, 1.82) is 0 Å². The number of ether oxygens (including phenoxy) is 2. The zero-order valence-electron chi connectivity index (χ0n) is 22.0. The molecule has 18 nitrogen and oxygen atoms in total. The van der Waals surface area contributed by atoms with Gasteiger partial charge in [-0.05, 0) is 61.1 Å². The molecule has 0 spiro atoms. The minimum Gasteiger partial charge on any atom is -0.480 e. The highest BCUT2D eigenvalue weighted by atomic mass is 17.0. The summed E-state index contributed by atoms with van der Waals surface area (Å²) in [5.41, 5.74) is 6.89. The first kappa shape index (κ1) is 32.5. The van der Waals surface area contributed by atoms with Crippen molar-refractivity contribution >= 4 is 24.1 Å². The van der Waals surface area contributed by atoms with Crippen molar-refractivity contribution in [2.24, 2.45) is 10.7 Å². The topological polar surface area (TPSA) is 257 Å². The number of benzene rings is 2. The van der Waals surface area contributed by atoms with Gasteiger partial charge in [-0.2, -0.15) is 0 Å². The van der Waals surface area contributed by atoms with E-state index >= 15 is 0 Å². The number of carbonyl (C=O) groups excluding carboxylic acids is 2. The zero-order valence-corrected chi connectivity index (χ0v) is 22.0. The number of hydrogen-bond acceptors (Lipinski definition) is 12. The van der Waals surface area contributed by atoms with Crippen LogP contribution in [-0.4, -0.2) is 65.2 Å². The maximum Gasteiger partial charge on any atom is 0.419 e. The predicted molar refractivity (Wildman–Crippen MR) is 142 cm³/mol. The molecular formula is C24H28N6O12. The predicted octanol–water partition coefficient (Wildman–Crippen LogP) is 1.61. The van der Waals surface area contributed by atoms with E-state index < -0.39 is 34.4 Å². The molecule has 5 N–H and O–H groups in total. The van der Waals surface area contributed by atoms with Crippen molar-refractivity contribution < 1.29 is 48.8 Å². The third-order valence-corrected chi connectivity index (χ3v) is 5.15. The van der Waals surface area contributed by atoms with Gasteiger partial charge in [0.05, 0.1) is 0 Å². The number of aliphatic carboxylic acids is 1. The third-order valence-electron chi connectivity index (χ3n) is 5.15. The van der Waals surface area contributed by atoms with Crippen LogP contribution in [0.15, 0.2) is 53.5 Å². The number of nitrogens with zero attached hydrogens (tertiary/aromatic N) is 3. The number of carboxylic acids is 1. The number of nitrogens with two attached hydrogens (primary N) is 1. The van der Waals surface area contributed by atoms with Gasteiger partial charge < -0.3 is 35.3 Å². The SMILES string of the molecule is NC(=NCCCC(NC(=O)Oc1cccc(CCO[N+](=O)[O-])c1)C(=O)O)NC(=O)Oc1cccc(CCO[N+](=O)[O-])c1. The number of amides is 2. The second-order valence-electron chi connectivity index (χ2n) is 8.26. The second-order valence-corrected chi connectivity index (χ2v) is 8.26. The fraction of sp³-hybridized carbons (Fsp3) is 0.333. The number of hydrogen-bond donors (Lipinski definition) is 4. The van der Waals surface area contributed by atoms with Crippen molar-refractivity contribution in [2.75, 3.05) is 19.8 Å². The number of guanidine groups is 1. The Morgan fingerprint density at radius 2 is 1.43 bits per heavy atom. The van der Waals surface area contributed by atoms with E-state index in [9.17, 15) is 39.7 Å². The number of carbonyl (C=O) groups is 3. The standard InChI is InChI=1S/C24H28N6O12/c25-22(28-24(34)42-19-7-2-5-17(15-19)10-13-40-30(37)38)26-11-3-8-20(21(31)32)27-23(33)41-18-6-1-4-16(14-18)9-12-39-29(35)36/h1-2,4-7,14-15,20H,3,8-13H2,(H,27,33)(H,31,32)(H3,25,26,28,34). The molecule has 0 saturated carbocycles. The van der Waals surface area contributed by atoms with Crippen LogP contribution in [-0.2, 0) is 27.3 Å². The summed E-state index contributed by atoms with van der Waals surface area (Å²) in [5.74, 6) is -1.36. The summed E-state index contributed by atoms with van der Waals surface area (Å²) in [6, 6.07) is 11.0.